The van der Waals surface area contributed by atoms with E-state index in [0.717, 1.165) is 6.42 Å². The van der Waals surface area contributed by atoms with Crippen LogP contribution in [0, 0.1) is 6.92 Å². The molecule has 1 N–H and O–H groups in total. The van der Waals surface area contributed by atoms with Gasteiger partial charge >= 0.3 is 0 Å². The molecule has 1 amide bonds. The minimum atomic E-state index is 0.104. The van der Waals surface area contributed by atoms with Crippen LogP contribution in [0.15, 0.2) is 54.6 Å². The summed E-state index contributed by atoms with van der Waals surface area (Å²) in [6.45, 7) is 2.71. The molecule has 0 aliphatic carbocycles. The Hall–Kier alpha value is -2.13. The van der Waals surface area contributed by atoms with E-state index in [-0.39, 0.29) is 11.9 Å². The maximum atomic E-state index is 12.1. The predicted molar refractivity (Wildman–Crippen MR) is 95.4 cm³/mol. The molecular formula is C20H26N2O. The molecule has 2 aromatic rings. The molecule has 122 valence electrons. The Morgan fingerprint density at radius 2 is 1.70 bits per heavy atom. The van der Waals surface area contributed by atoms with Crippen molar-refractivity contribution in [2.75, 3.05) is 20.6 Å². The fourth-order valence-corrected chi connectivity index (χ4v) is 2.59. The first-order chi connectivity index (χ1) is 11.1. The van der Waals surface area contributed by atoms with Crippen LogP contribution in [-0.2, 0) is 11.2 Å². The fraction of sp³-hybridized carbons (Fsp3) is 0.350. The third-order valence-corrected chi connectivity index (χ3v) is 4.06. The van der Waals surface area contributed by atoms with Gasteiger partial charge in [0.05, 0.1) is 6.04 Å². The Bertz CT molecular complexity index is 605. The van der Waals surface area contributed by atoms with Gasteiger partial charge in [-0.25, -0.2) is 0 Å². The minimum Gasteiger partial charge on any atom is -0.354 e. The first kappa shape index (κ1) is 17.2. The maximum Gasteiger partial charge on any atom is 0.220 e. The minimum absolute atomic E-state index is 0.104. The van der Waals surface area contributed by atoms with Crippen molar-refractivity contribution in [2.24, 2.45) is 0 Å². The molecule has 23 heavy (non-hydrogen) atoms. The summed E-state index contributed by atoms with van der Waals surface area (Å²) >= 11 is 0. The number of aryl methyl sites for hydroxylation is 2. The largest absolute Gasteiger partial charge is 0.354 e. The molecule has 0 bridgehead atoms. The van der Waals surface area contributed by atoms with Crippen LogP contribution < -0.4 is 5.32 Å². The molecule has 1 atom stereocenters. The van der Waals surface area contributed by atoms with Crippen LogP contribution in [0.5, 0.6) is 0 Å². The quantitative estimate of drug-likeness (QED) is 0.850. The van der Waals surface area contributed by atoms with Crippen LogP contribution in [0.3, 0.4) is 0 Å². The van der Waals surface area contributed by atoms with E-state index in [1.807, 2.05) is 32.3 Å². The molecule has 0 heterocycles. The fourth-order valence-electron chi connectivity index (χ4n) is 2.59. The van der Waals surface area contributed by atoms with E-state index in [9.17, 15) is 4.79 Å². The van der Waals surface area contributed by atoms with Crippen molar-refractivity contribution in [3.63, 3.8) is 0 Å². The zero-order chi connectivity index (χ0) is 16.7. The molecule has 0 spiro atoms. The predicted octanol–water partition coefficient (Wildman–Crippen LogP) is 3.35. The van der Waals surface area contributed by atoms with Gasteiger partial charge in [-0.15, -0.1) is 0 Å². The molecule has 0 aliphatic heterocycles. The topological polar surface area (TPSA) is 32.3 Å². The van der Waals surface area contributed by atoms with Crippen molar-refractivity contribution in [3.05, 3.63) is 71.3 Å². The molecule has 3 heteroatoms. The third kappa shape index (κ3) is 5.53. The number of carbonyl (C=O) groups is 1. The zero-order valence-electron chi connectivity index (χ0n) is 14.3. The molecule has 0 unspecified atom stereocenters. The smallest absolute Gasteiger partial charge is 0.220 e. The van der Waals surface area contributed by atoms with Gasteiger partial charge < -0.3 is 10.2 Å². The molecule has 0 aliphatic rings. The van der Waals surface area contributed by atoms with Gasteiger partial charge in [-0.2, -0.15) is 0 Å². The summed E-state index contributed by atoms with van der Waals surface area (Å²) in [5.74, 6) is 0.104. The zero-order valence-corrected chi connectivity index (χ0v) is 14.3. The summed E-state index contributed by atoms with van der Waals surface area (Å²) < 4.78 is 0. The number of benzene rings is 2. The van der Waals surface area contributed by atoms with Gasteiger partial charge in [0.25, 0.3) is 0 Å². The van der Waals surface area contributed by atoms with Crippen LogP contribution in [0.2, 0.25) is 0 Å². The van der Waals surface area contributed by atoms with Crippen molar-refractivity contribution in [2.45, 2.75) is 25.8 Å². The number of nitrogens with one attached hydrogen (secondary N) is 1. The number of nitrogens with zero attached hydrogens (tertiary/aromatic N) is 1. The molecule has 3 nitrogen and oxygen atoms in total. The lowest BCUT2D eigenvalue weighted by atomic mass is 10.0. The third-order valence-electron chi connectivity index (χ3n) is 4.06. The van der Waals surface area contributed by atoms with Crippen molar-refractivity contribution in [3.8, 4) is 0 Å². The van der Waals surface area contributed by atoms with Gasteiger partial charge in [-0.1, -0.05) is 60.2 Å². The molecule has 0 saturated heterocycles. The average Bonchev–Trinajstić information content (AvgIpc) is 2.55. The Morgan fingerprint density at radius 1 is 1.04 bits per heavy atom. The molecule has 0 radical (unpaired) electrons. The number of carbonyl (C=O) groups excluding carboxylic acids is 1. The number of likely N-dealkylation sites (N-methyl/N-ethyl adjacent to an activating group) is 1. The first-order valence-corrected chi connectivity index (χ1v) is 8.10. The lowest BCUT2D eigenvalue weighted by molar-refractivity contribution is -0.121. The Morgan fingerprint density at radius 3 is 2.30 bits per heavy atom. The van der Waals surface area contributed by atoms with Gasteiger partial charge in [0.2, 0.25) is 5.91 Å². The number of hydrogen-bond donors (Lipinski definition) is 1. The van der Waals surface area contributed by atoms with E-state index in [4.69, 9.17) is 0 Å². The first-order valence-electron chi connectivity index (χ1n) is 8.10. The molecule has 0 saturated carbocycles. The van der Waals surface area contributed by atoms with Gasteiger partial charge in [0.15, 0.2) is 0 Å². The highest BCUT2D eigenvalue weighted by atomic mass is 16.1. The number of amides is 1. The standard InChI is InChI=1S/C20H26N2O/c1-16-9-12-18(13-10-16)19(22(2)3)15-21-20(23)14-11-17-7-5-4-6-8-17/h4-10,12-13,19H,11,14-15H2,1-3H3,(H,21,23)/t19-/m0/s1. The maximum absolute atomic E-state index is 12.1. The Balaban J connectivity index is 1.86. The van der Waals surface area contributed by atoms with Crippen LogP contribution in [0.25, 0.3) is 0 Å². The lowest BCUT2D eigenvalue weighted by Crippen LogP contribution is -2.34. The van der Waals surface area contributed by atoms with Crippen LogP contribution in [0.1, 0.15) is 29.2 Å². The monoisotopic (exact) mass is 310 g/mol. The van der Waals surface area contributed by atoms with Crippen LogP contribution >= 0.6 is 0 Å². The molecular weight excluding hydrogens is 284 g/mol. The van der Waals surface area contributed by atoms with Crippen molar-refractivity contribution < 1.29 is 4.79 Å². The highest BCUT2D eigenvalue weighted by molar-refractivity contribution is 5.76. The summed E-state index contributed by atoms with van der Waals surface area (Å²) in [5, 5.41) is 3.07. The number of hydrogen-bond acceptors (Lipinski definition) is 2. The average molecular weight is 310 g/mol. The van der Waals surface area contributed by atoms with Crippen molar-refractivity contribution >= 4 is 5.91 Å². The summed E-state index contributed by atoms with van der Waals surface area (Å²) in [5.41, 5.74) is 3.67. The van der Waals surface area contributed by atoms with Crippen molar-refractivity contribution in [1.29, 1.82) is 0 Å². The number of rotatable bonds is 7. The van der Waals surface area contributed by atoms with Crippen molar-refractivity contribution in [1.82, 2.24) is 10.2 Å². The molecule has 0 fully saturated rings. The van der Waals surface area contributed by atoms with Crippen LogP contribution in [-0.4, -0.2) is 31.4 Å². The second-order valence-electron chi connectivity index (χ2n) is 6.18. The molecule has 0 aromatic heterocycles. The van der Waals surface area contributed by atoms with Crippen LogP contribution in [0.4, 0.5) is 0 Å². The second-order valence-corrected chi connectivity index (χ2v) is 6.18. The molecule has 2 rings (SSSR count). The van der Waals surface area contributed by atoms with E-state index in [0.29, 0.717) is 13.0 Å². The van der Waals surface area contributed by atoms with E-state index in [1.165, 1.54) is 16.7 Å². The second kappa shape index (κ2) is 8.49. The summed E-state index contributed by atoms with van der Waals surface area (Å²) in [6, 6.07) is 18.8. The van der Waals surface area contributed by atoms with Gasteiger partial charge in [0.1, 0.15) is 0 Å². The Kier molecular flexibility index (Phi) is 6.36. The van der Waals surface area contributed by atoms with E-state index in [1.54, 1.807) is 0 Å². The summed E-state index contributed by atoms with van der Waals surface area (Å²) in [6.07, 6.45) is 1.31. The summed E-state index contributed by atoms with van der Waals surface area (Å²) in [4.78, 5) is 14.2. The normalized spacial score (nSPS) is 12.2. The highest BCUT2D eigenvalue weighted by Crippen LogP contribution is 2.18. The van der Waals surface area contributed by atoms with E-state index in [2.05, 4.69) is 53.5 Å². The van der Waals surface area contributed by atoms with Gasteiger partial charge in [-0.3, -0.25) is 4.79 Å². The highest BCUT2D eigenvalue weighted by Gasteiger charge is 2.15. The van der Waals surface area contributed by atoms with Gasteiger partial charge in [0, 0.05) is 13.0 Å². The summed E-state index contributed by atoms with van der Waals surface area (Å²) in [7, 11) is 4.08. The van der Waals surface area contributed by atoms with E-state index >= 15 is 0 Å². The molecule has 2 aromatic carbocycles. The Labute approximate surface area is 139 Å². The lowest BCUT2D eigenvalue weighted by Gasteiger charge is -2.25. The van der Waals surface area contributed by atoms with Gasteiger partial charge in [-0.05, 0) is 38.6 Å². The SMILES string of the molecule is Cc1ccc([C@H](CNC(=O)CCc2ccccc2)N(C)C)cc1. The van der Waals surface area contributed by atoms with E-state index < -0.39 is 0 Å².